The molecular weight excluding hydrogens is 109 g/mol. The average Bonchev–Trinajstić information content (AvgIpc) is 1.68. The summed E-state index contributed by atoms with van der Waals surface area (Å²) in [5, 5.41) is 1.80. The van der Waals surface area contributed by atoms with Crippen LogP contribution in [0.3, 0.4) is 0 Å². The molecule has 8 heavy (non-hydrogen) atoms. The van der Waals surface area contributed by atoms with Crippen LogP contribution in [0.15, 0.2) is 0 Å². The molecule has 0 unspecified atom stereocenters. The molecule has 0 rings (SSSR count). The van der Waals surface area contributed by atoms with Gasteiger partial charge in [0.1, 0.15) is 0 Å². The molecule has 0 saturated heterocycles. The van der Waals surface area contributed by atoms with Crippen molar-refractivity contribution in [3.05, 3.63) is 0 Å². The van der Waals surface area contributed by atoms with Gasteiger partial charge in [0.15, 0.2) is 0 Å². The van der Waals surface area contributed by atoms with Crippen molar-refractivity contribution in [2.45, 2.75) is 6.92 Å². The van der Waals surface area contributed by atoms with Gasteiger partial charge in [-0.2, -0.15) is 0 Å². The number of rotatable bonds is 2. The van der Waals surface area contributed by atoms with Crippen LogP contribution in [0.4, 0.5) is 4.79 Å². The Labute approximate surface area is 47.5 Å². The van der Waals surface area contributed by atoms with E-state index in [0.29, 0.717) is 0 Å². The first-order valence-electron chi connectivity index (χ1n) is 2.18. The van der Waals surface area contributed by atoms with Crippen molar-refractivity contribution in [2.24, 2.45) is 0 Å². The zero-order chi connectivity index (χ0) is 6.41. The number of carbonyl (C=O) groups is 1. The Balaban J connectivity index is 3.18. The fourth-order valence-corrected chi connectivity index (χ4v) is 0.221. The van der Waals surface area contributed by atoms with Crippen LogP contribution in [0.25, 0.3) is 0 Å². The summed E-state index contributed by atoms with van der Waals surface area (Å²) in [5.74, 6) is 0. The van der Waals surface area contributed by atoms with Crippen LogP contribution in [0, 0.1) is 0 Å². The molecule has 0 radical (unpaired) electrons. The van der Waals surface area contributed by atoms with Crippen molar-refractivity contribution in [3.63, 3.8) is 0 Å². The molecule has 1 amide bonds. The monoisotopic (exact) mass is 115 g/mol. The summed E-state index contributed by atoms with van der Waals surface area (Å²) in [5.41, 5.74) is 0. The molecule has 1 N–H and O–H groups in total. The van der Waals surface area contributed by atoms with E-state index in [-0.39, 0.29) is 13.9 Å². The van der Waals surface area contributed by atoms with Crippen LogP contribution in [-0.4, -0.2) is 20.0 Å². The SMILES string of the molecule is CCOC(=O)NB=O. The molecule has 0 atom stereocenters. The van der Waals surface area contributed by atoms with Gasteiger partial charge in [0.25, 0.3) is 0 Å². The van der Waals surface area contributed by atoms with Crippen molar-refractivity contribution in [3.8, 4) is 0 Å². The number of nitrogens with one attached hydrogen (secondary N) is 1. The molecule has 0 spiro atoms. The molecule has 0 aliphatic heterocycles. The van der Waals surface area contributed by atoms with E-state index in [1.165, 1.54) is 0 Å². The maximum absolute atomic E-state index is 10.1. The number of carbonyl (C=O) groups excluding carboxylic acids is 1. The average molecular weight is 115 g/mol. The Morgan fingerprint density at radius 1 is 1.88 bits per heavy atom. The van der Waals surface area contributed by atoms with Gasteiger partial charge in [0.05, 0.1) is 0 Å². The van der Waals surface area contributed by atoms with Crippen molar-refractivity contribution in [1.29, 1.82) is 0 Å². The van der Waals surface area contributed by atoms with E-state index in [1.54, 1.807) is 12.2 Å². The molecule has 0 fully saturated rings. The molecule has 0 aromatic rings. The third-order valence-electron chi connectivity index (χ3n) is 0.452. The first-order chi connectivity index (χ1) is 3.81. The van der Waals surface area contributed by atoms with E-state index in [4.69, 9.17) is 0 Å². The quantitative estimate of drug-likeness (QED) is 0.502. The zero-order valence-corrected chi connectivity index (χ0v) is 4.51. The van der Waals surface area contributed by atoms with Crippen LogP contribution >= 0.6 is 0 Å². The molecule has 0 aliphatic carbocycles. The predicted octanol–water partition coefficient (Wildman–Crippen LogP) is -0.303. The first kappa shape index (κ1) is 7.13. The summed E-state index contributed by atoms with van der Waals surface area (Å²) in [6.07, 6.45) is -0.706. The Bertz CT molecular complexity index is 94.5. The van der Waals surface area contributed by atoms with Gasteiger partial charge >= 0.3 is 46.4 Å². The Kier molecular flexibility index (Phi) is 3.83. The van der Waals surface area contributed by atoms with E-state index < -0.39 is 6.09 Å². The van der Waals surface area contributed by atoms with Gasteiger partial charge < -0.3 is 0 Å². The van der Waals surface area contributed by atoms with E-state index in [2.05, 4.69) is 4.74 Å². The summed E-state index contributed by atoms with van der Waals surface area (Å²) in [4.78, 5) is 10.1. The summed E-state index contributed by atoms with van der Waals surface area (Å²) in [7, 11) is 0.276. The van der Waals surface area contributed by atoms with Gasteiger partial charge in [-0.3, -0.25) is 0 Å². The first-order valence-corrected chi connectivity index (χ1v) is 2.18. The molecule has 44 valence electrons. The second-order valence-corrected chi connectivity index (χ2v) is 0.983. The molecule has 4 nitrogen and oxygen atoms in total. The summed E-state index contributed by atoms with van der Waals surface area (Å²) in [6.45, 7) is 1.93. The number of ether oxygens (including phenoxy) is 1. The molecule has 0 heterocycles. The van der Waals surface area contributed by atoms with Gasteiger partial charge in [0.2, 0.25) is 0 Å². The second kappa shape index (κ2) is 4.30. The standard InChI is InChI=1S/C3H6BNO3/c1-2-8-3(6)5-4-7/h2H2,1H3,(H,5,6). The topological polar surface area (TPSA) is 55.4 Å². The van der Waals surface area contributed by atoms with Crippen molar-refractivity contribution in [2.75, 3.05) is 6.61 Å². The van der Waals surface area contributed by atoms with E-state index in [9.17, 15) is 9.50 Å². The molecule has 0 bridgehead atoms. The summed E-state index contributed by atoms with van der Waals surface area (Å²) in [6, 6.07) is 0. The van der Waals surface area contributed by atoms with Gasteiger partial charge in [-0.1, -0.05) is 0 Å². The normalized spacial score (nSPS) is 7.12. The second-order valence-electron chi connectivity index (χ2n) is 0.983. The molecular formula is C3H6BNO3. The number of amides is 1. The fourth-order valence-electron chi connectivity index (χ4n) is 0.221. The molecule has 0 saturated carbocycles. The van der Waals surface area contributed by atoms with E-state index in [0.717, 1.165) is 0 Å². The van der Waals surface area contributed by atoms with Crippen LogP contribution in [0.5, 0.6) is 0 Å². The predicted molar refractivity (Wildman–Crippen MR) is 26.6 cm³/mol. The van der Waals surface area contributed by atoms with Crippen LogP contribution in [-0.2, 0) is 9.44 Å². The van der Waals surface area contributed by atoms with Crippen molar-refractivity contribution in [1.82, 2.24) is 5.23 Å². The van der Waals surface area contributed by atoms with Gasteiger partial charge in [0, 0.05) is 0 Å². The fraction of sp³-hybridized carbons (Fsp3) is 0.667. The maximum atomic E-state index is 10.1. The number of hydrogen-bond donors (Lipinski definition) is 1. The van der Waals surface area contributed by atoms with Gasteiger partial charge in [-0.05, 0) is 0 Å². The van der Waals surface area contributed by atoms with Crippen LogP contribution in [0.1, 0.15) is 6.92 Å². The minimum absolute atomic E-state index is 0.276. The van der Waals surface area contributed by atoms with Crippen molar-refractivity contribution < 1.29 is 14.2 Å². The Morgan fingerprint density at radius 2 is 2.50 bits per heavy atom. The van der Waals surface area contributed by atoms with E-state index >= 15 is 0 Å². The Hall–Kier alpha value is -0.865. The zero-order valence-electron chi connectivity index (χ0n) is 4.51. The number of hydrogen-bond acceptors (Lipinski definition) is 3. The molecule has 5 heteroatoms. The summed E-state index contributed by atoms with van der Waals surface area (Å²) < 4.78 is 13.8. The third-order valence-corrected chi connectivity index (χ3v) is 0.452. The molecule has 0 aromatic carbocycles. The van der Waals surface area contributed by atoms with Crippen molar-refractivity contribution >= 4 is 13.4 Å². The third kappa shape index (κ3) is 3.33. The molecule has 0 aromatic heterocycles. The van der Waals surface area contributed by atoms with Crippen LogP contribution < -0.4 is 5.23 Å². The summed E-state index contributed by atoms with van der Waals surface area (Å²) >= 11 is 0. The van der Waals surface area contributed by atoms with Crippen LogP contribution in [0.2, 0.25) is 0 Å². The van der Waals surface area contributed by atoms with E-state index in [1.807, 2.05) is 0 Å². The van der Waals surface area contributed by atoms with Gasteiger partial charge in [-0.15, -0.1) is 0 Å². The molecule has 0 aliphatic rings. The van der Waals surface area contributed by atoms with Gasteiger partial charge in [-0.25, -0.2) is 0 Å². The minimum atomic E-state index is -0.706. The Morgan fingerprint density at radius 3 is 2.88 bits per heavy atom.